The van der Waals surface area contributed by atoms with Crippen molar-refractivity contribution in [3.05, 3.63) is 40.2 Å². The standard InChI is InChI=1S/C21H25N7O7/c1-27(14-9-23-17-16(28(14)10-29)19(32)26-21(22)25-17)12-5-3-11(4-6-12)18(31)24-13(20(33)34)7-8-15(30)35-2/h3-6,10,13-14H,7-9H2,1-2H3,(H,24,31)(H,33,34)(H4,22,23,25,26,32)/t13?,14-/m0/s1. The minimum absolute atomic E-state index is 0.0277. The molecular formula is C21H25N7O7. The van der Waals surface area contributed by atoms with Crippen molar-refractivity contribution >= 4 is 47.4 Å². The third-order valence-electron chi connectivity index (χ3n) is 5.51. The van der Waals surface area contributed by atoms with Crippen molar-refractivity contribution in [1.29, 1.82) is 0 Å². The van der Waals surface area contributed by atoms with Crippen LogP contribution in [0.15, 0.2) is 29.1 Å². The van der Waals surface area contributed by atoms with Crippen LogP contribution >= 0.6 is 0 Å². The predicted molar refractivity (Wildman–Crippen MR) is 125 cm³/mol. The van der Waals surface area contributed by atoms with E-state index < -0.39 is 35.6 Å². The zero-order valence-electron chi connectivity index (χ0n) is 19.0. The average molecular weight is 487 g/mol. The molecule has 186 valence electrons. The van der Waals surface area contributed by atoms with Gasteiger partial charge in [0.15, 0.2) is 11.5 Å². The maximum Gasteiger partial charge on any atom is 0.326 e. The molecule has 3 rings (SSSR count). The Hall–Kier alpha value is -4.62. The zero-order chi connectivity index (χ0) is 25.7. The maximum atomic E-state index is 12.5. The van der Waals surface area contributed by atoms with Crippen LogP contribution < -0.4 is 31.7 Å². The van der Waals surface area contributed by atoms with Gasteiger partial charge in [-0.3, -0.25) is 29.1 Å². The van der Waals surface area contributed by atoms with Gasteiger partial charge >= 0.3 is 11.9 Å². The molecule has 0 saturated carbocycles. The number of methoxy groups -OCH3 is 1. The number of aliphatic carboxylic acids is 1. The molecule has 35 heavy (non-hydrogen) atoms. The Morgan fingerprint density at radius 3 is 2.66 bits per heavy atom. The van der Waals surface area contributed by atoms with Crippen molar-refractivity contribution in [1.82, 2.24) is 15.3 Å². The van der Waals surface area contributed by atoms with Gasteiger partial charge in [-0.2, -0.15) is 4.98 Å². The molecule has 1 aliphatic heterocycles. The Morgan fingerprint density at radius 2 is 2.06 bits per heavy atom. The second kappa shape index (κ2) is 10.5. The molecule has 2 aromatic rings. The van der Waals surface area contributed by atoms with E-state index in [1.807, 2.05) is 0 Å². The summed E-state index contributed by atoms with van der Waals surface area (Å²) in [5, 5.41) is 14.7. The van der Waals surface area contributed by atoms with E-state index >= 15 is 0 Å². The first kappa shape index (κ1) is 25.0. The lowest BCUT2D eigenvalue weighted by Crippen LogP contribution is -2.55. The molecule has 0 bridgehead atoms. The van der Waals surface area contributed by atoms with Crippen LogP contribution in [0.25, 0.3) is 0 Å². The van der Waals surface area contributed by atoms with Gasteiger partial charge in [0.05, 0.1) is 13.7 Å². The number of benzene rings is 1. The zero-order valence-corrected chi connectivity index (χ0v) is 19.0. The van der Waals surface area contributed by atoms with E-state index in [1.165, 1.54) is 24.1 Å². The van der Waals surface area contributed by atoms with E-state index in [9.17, 15) is 29.1 Å². The Kier molecular flexibility index (Phi) is 7.53. The van der Waals surface area contributed by atoms with E-state index in [2.05, 4.69) is 25.3 Å². The van der Waals surface area contributed by atoms with Gasteiger partial charge in [-0.25, -0.2) is 4.79 Å². The molecule has 14 nitrogen and oxygen atoms in total. The highest BCUT2D eigenvalue weighted by molar-refractivity contribution is 5.97. The lowest BCUT2D eigenvalue weighted by atomic mass is 10.1. The topological polar surface area (TPSA) is 200 Å². The molecule has 6 N–H and O–H groups in total. The Morgan fingerprint density at radius 1 is 1.37 bits per heavy atom. The third-order valence-corrected chi connectivity index (χ3v) is 5.51. The van der Waals surface area contributed by atoms with Gasteiger partial charge in [0.2, 0.25) is 12.4 Å². The van der Waals surface area contributed by atoms with E-state index in [0.29, 0.717) is 12.1 Å². The van der Waals surface area contributed by atoms with Gasteiger partial charge in [-0.05, 0) is 30.7 Å². The fraction of sp³-hybridized carbons (Fsp3) is 0.333. The number of H-pyrrole nitrogens is 1. The number of hydrogen-bond donors (Lipinski definition) is 5. The number of fused-ring (bicyclic) bond motifs is 1. The maximum absolute atomic E-state index is 12.5. The second-order valence-corrected chi connectivity index (χ2v) is 7.66. The summed E-state index contributed by atoms with van der Waals surface area (Å²) in [6.07, 6.45) is -0.350. The summed E-state index contributed by atoms with van der Waals surface area (Å²) in [4.78, 5) is 68.8. The fourth-order valence-electron chi connectivity index (χ4n) is 3.61. The molecule has 2 heterocycles. The SMILES string of the molecule is COC(=O)CCC(NC(=O)c1ccc(N(C)[C@@H]2CNc3nc(N)[nH]c(=O)c3N2C=O)cc1)C(=O)O. The summed E-state index contributed by atoms with van der Waals surface area (Å²) in [5.41, 5.74) is 5.83. The molecular weight excluding hydrogens is 462 g/mol. The molecule has 14 heteroatoms. The third kappa shape index (κ3) is 5.48. The number of amides is 2. The minimum atomic E-state index is -1.27. The van der Waals surface area contributed by atoms with Crippen molar-refractivity contribution in [2.75, 3.05) is 41.6 Å². The molecule has 2 amide bonds. The number of aromatic nitrogens is 2. The Bertz CT molecular complexity index is 1180. The molecule has 1 unspecified atom stereocenters. The summed E-state index contributed by atoms with van der Waals surface area (Å²) >= 11 is 0. The number of anilines is 4. The first-order valence-electron chi connectivity index (χ1n) is 10.5. The van der Waals surface area contributed by atoms with Gasteiger partial charge < -0.3 is 31.1 Å². The molecule has 1 aromatic carbocycles. The van der Waals surface area contributed by atoms with Crippen LogP contribution in [-0.4, -0.2) is 72.2 Å². The first-order chi connectivity index (χ1) is 16.7. The molecule has 1 aromatic heterocycles. The monoisotopic (exact) mass is 487 g/mol. The molecule has 0 saturated heterocycles. The quantitative estimate of drug-likeness (QED) is 0.222. The number of likely N-dealkylation sites (N-methyl/N-ethyl adjacent to an activating group) is 1. The highest BCUT2D eigenvalue weighted by atomic mass is 16.5. The highest BCUT2D eigenvalue weighted by Gasteiger charge is 2.32. The number of carboxylic acid groups (broad SMARTS) is 1. The lowest BCUT2D eigenvalue weighted by Gasteiger charge is -2.40. The van der Waals surface area contributed by atoms with Gasteiger partial charge in [0.25, 0.3) is 11.5 Å². The van der Waals surface area contributed by atoms with Gasteiger partial charge in [0.1, 0.15) is 12.2 Å². The number of nitrogen functional groups attached to an aromatic ring is 1. The fourth-order valence-corrected chi connectivity index (χ4v) is 3.61. The number of nitrogens with two attached hydrogens (primary N) is 1. The van der Waals surface area contributed by atoms with Gasteiger partial charge in [-0.15, -0.1) is 0 Å². The van der Waals surface area contributed by atoms with Crippen LogP contribution in [-0.2, 0) is 19.1 Å². The summed E-state index contributed by atoms with van der Waals surface area (Å²) < 4.78 is 4.50. The summed E-state index contributed by atoms with van der Waals surface area (Å²) in [6.45, 7) is 0.237. The number of ether oxygens (including phenoxy) is 1. The van der Waals surface area contributed by atoms with Gasteiger partial charge in [0, 0.05) is 24.7 Å². The van der Waals surface area contributed by atoms with E-state index in [1.54, 1.807) is 24.1 Å². The van der Waals surface area contributed by atoms with Crippen molar-refractivity contribution in [2.24, 2.45) is 0 Å². The van der Waals surface area contributed by atoms with Crippen molar-refractivity contribution in [3.63, 3.8) is 0 Å². The summed E-state index contributed by atoms with van der Waals surface area (Å²) in [5.74, 6) is -2.37. The van der Waals surface area contributed by atoms with E-state index in [-0.39, 0.29) is 42.4 Å². The van der Waals surface area contributed by atoms with E-state index in [0.717, 1.165) is 0 Å². The number of hydrogen-bond acceptors (Lipinski definition) is 10. The van der Waals surface area contributed by atoms with Crippen LogP contribution in [0.2, 0.25) is 0 Å². The number of carbonyl (C=O) groups is 4. The lowest BCUT2D eigenvalue weighted by molar-refractivity contribution is -0.142. The second-order valence-electron chi connectivity index (χ2n) is 7.66. The number of carboxylic acids is 1. The number of nitrogens with zero attached hydrogens (tertiary/aromatic N) is 3. The van der Waals surface area contributed by atoms with Crippen molar-refractivity contribution in [2.45, 2.75) is 25.0 Å². The Balaban J connectivity index is 1.73. The van der Waals surface area contributed by atoms with Crippen LogP contribution in [0.3, 0.4) is 0 Å². The highest BCUT2D eigenvalue weighted by Crippen LogP contribution is 2.28. The average Bonchev–Trinajstić information content (AvgIpc) is 2.84. The molecule has 1 aliphatic rings. The number of rotatable bonds is 9. The molecule has 0 radical (unpaired) electrons. The normalized spacial score (nSPS) is 15.3. The van der Waals surface area contributed by atoms with Crippen LogP contribution in [0.1, 0.15) is 23.2 Å². The van der Waals surface area contributed by atoms with Crippen LogP contribution in [0.4, 0.5) is 23.1 Å². The number of nitrogens with one attached hydrogen (secondary N) is 3. The van der Waals surface area contributed by atoms with Crippen molar-refractivity contribution < 1.29 is 29.0 Å². The molecule has 2 atom stereocenters. The molecule has 0 aliphatic carbocycles. The van der Waals surface area contributed by atoms with E-state index in [4.69, 9.17) is 5.73 Å². The predicted octanol–water partition coefficient (Wildman–Crippen LogP) is -0.661. The first-order valence-corrected chi connectivity index (χ1v) is 10.5. The smallest absolute Gasteiger partial charge is 0.326 e. The number of esters is 1. The molecule has 0 fully saturated rings. The number of aromatic amines is 1. The number of carbonyl (C=O) groups excluding carboxylic acids is 3. The van der Waals surface area contributed by atoms with Crippen molar-refractivity contribution in [3.8, 4) is 0 Å². The van der Waals surface area contributed by atoms with Crippen LogP contribution in [0, 0.1) is 0 Å². The van der Waals surface area contributed by atoms with Crippen LogP contribution in [0.5, 0.6) is 0 Å². The van der Waals surface area contributed by atoms with Gasteiger partial charge in [-0.1, -0.05) is 0 Å². The largest absolute Gasteiger partial charge is 0.480 e. The molecule has 0 spiro atoms. The Labute approximate surface area is 199 Å². The summed E-state index contributed by atoms with van der Waals surface area (Å²) in [6, 6.07) is 4.95. The summed E-state index contributed by atoms with van der Waals surface area (Å²) in [7, 11) is 2.89. The minimum Gasteiger partial charge on any atom is -0.480 e.